The van der Waals surface area contributed by atoms with Crippen LogP contribution in [-0.2, 0) is 0 Å². The molecule has 0 amide bonds. The molecule has 0 atom stereocenters. The molecule has 2 heterocycles. The van der Waals surface area contributed by atoms with Crippen molar-refractivity contribution in [3.05, 3.63) is 212 Å². The number of nitrogens with zero attached hydrogens (tertiary/aromatic N) is 3. The number of hydrogen-bond acceptors (Lipinski definition) is 3. The number of aromatic nitrogens is 1. The Morgan fingerprint density at radius 1 is 0.321 bits per heavy atom. The van der Waals surface area contributed by atoms with Crippen molar-refractivity contribution < 1.29 is 0 Å². The Labute approximate surface area is 329 Å². The fourth-order valence-electron chi connectivity index (χ4n) is 8.41. The third-order valence-corrected chi connectivity index (χ3v) is 12.1. The zero-order valence-electron chi connectivity index (χ0n) is 30.5. The molecule has 0 saturated carbocycles. The standard InChI is InChI=1S/C52H35N3S/c1-4-16-37(17-5-1)53(42-31-32-44-43-22-10-12-24-48(43)55(50(44)34-42)39-20-8-3-9-21-39)40-27-29-41(30-28-40)54(38-18-6-2-7-19-38)49-25-14-15-36-33-52-47(35-46(36)49)45-23-11-13-26-51(45)56-52/h1-35H. The van der Waals surface area contributed by atoms with Gasteiger partial charge in [0.05, 0.1) is 16.7 Å². The van der Waals surface area contributed by atoms with E-state index in [1.54, 1.807) is 0 Å². The summed E-state index contributed by atoms with van der Waals surface area (Å²) < 4.78 is 5.02. The molecule has 0 aliphatic carbocycles. The van der Waals surface area contributed by atoms with E-state index in [1.807, 2.05) is 11.3 Å². The van der Waals surface area contributed by atoms with E-state index in [9.17, 15) is 0 Å². The number of thiophene rings is 1. The van der Waals surface area contributed by atoms with Crippen LogP contribution in [0.1, 0.15) is 0 Å². The third-order valence-electron chi connectivity index (χ3n) is 10.9. The van der Waals surface area contributed by atoms with Gasteiger partial charge in [0.1, 0.15) is 0 Å². The summed E-state index contributed by atoms with van der Waals surface area (Å²) in [5.41, 5.74) is 10.2. The number of benzene rings is 9. The first-order chi connectivity index (χ1) is 27.8. The van der Waals surface area contributed by atoms with Gasteiger partial charge in [0.15, 0.2) is 0 Å². The molecule has 0 fully saturated rings. The Kier molecular flexibility index (Phi) is 7.68. The predicted octanol–water partition coefficient (Wildman–Crippen LogP) is 15.2. The van der Waals surface area contributed by atoms with E-state index < -0.39 is 0 Å². The van der Waals surface area contributed by atoms with Crippen LogP contribution in [0.4, 0.5) is 34.1 Å². The minimum atomic E-state index is 1.08. The summed E-state index contributed by atoms with van der Waals surface area (Å²) in [6.07, 6.45) is 0. The number of fused-ring (bicyclic) bond motifs is 7. The average Bonchev–Trinajstić information content (AvgIpc) is 3.79. The predicted molar refractivity (Wildman–Crippen MR) is 241 cm³/mol. The minimum Gasteiger partial charge on any atom is -0.310 e. The molecule has 0 aliphatic rings. The number of rotatable bonds is 7. The van der Waals surface area contributed by atoms with Crippen molar-refractivity contribution in [1.29, 1.82) is 0 Å². The van der Waals surface area contributed by atoms with Gasteiger partial charge in [-0.15, -0.1) is 11.3 Å². The van der Waals surface area contributed by atoms with E-state index in [0.29, 0.717) is 0 Å². The average molecular weight is 734 g/mol. The lowest BCUT2D eigenvalue weighted by molar-refractivity contribution is 1.18. The van der Waals surface area contributed by atoms with Crippen molar-refractivity contribution in [3.63, 3.8) is 0 Å². The topological polar surface area (TPSA) is 11.4 Å². The van der Waals surface area contributed by atoms with Crippen LogP contribution in [0.2, 0.25) is 0 Å². The Hall–Kier alpha value is -7.14. The highest BCUT2D eigenvalue weighted by atomic mass is 32.1. The highest BCUT2D eigenvalue weighted by molar-refractivity contribution is 7.25. The van der Waals surface area contributed by atoms with Crippen molar-refractivity contribution in [2.24, 2.45) is 0 Å². The van der Waals surface area contributed by atoms with Gasteiger partial charge in [0.2, 0.25) is 0 Å². The Balaban J connectivity index is 1.07. The van der Waals surface area contributed by atoms with Crippen molar-refractivity contribution in [1.82, 2.24) is 4.57 Å². The Bertz CT molecular complexity index is 3180. The zero-order valence-corrected chi connectivity index (χ0v) is 31.3. The normalized spacial score (nSPS) is 11.6. The fourth-order valence-corrected chi connectivity index (χ4v) is 9.54. The molecule has 0 N–H and O–H groups in total. The van der Waals surface area contributed by atoms with Gasteiger partial charge in [0.25, 0.3) is 0 Å². The van der Waals surface area contributed by atoms with Crippen LogP contribution in [0.3, 0.4) is 0 Å². The largest absolute Gasteiger partial charge is 0.310 e. The van der Waals surface area contributed by atoms with Crippen molar-refractivity contribution in [2.45, 2.75) is 0 Å². The zero-order chi connectivity index (χ0) is 37.0. The molecule has 0 saturated heterocycles. The summed E-state index contributed by atoms with van der Waals surface area (Å²) in [4.78, 5) is 4.75. The molecule has 264 valence electrons. The van der Waals surface area contributed by atoms with Gasteiger partial charge in [-0.25, -0.2) is 0 Å². The smallest absolute Gasteiger partial charge is 0.0561 e. The van der Waals surface area contributed by atoms with E-state index in [1.165, 1.54) is 52.8 Å². The van der Waals surface area contributed by atoms with Gasteiger partial charge in [-0.1, -0.05) is 109 Å². The maximum atomic E-state index is 2.39. The molecular formula is C52H35N3S. The summed E-state index contributed by atoms with van der Waals surface area (Å²) in [5.74, 6) is 0. The van der Waals surface area contributed by atoms with Crippen molar-refractivity contribution in [2.75, 3.05) is 9.80 Å². The molecule has 0 radical (unpaired) electrons. The third kappa shape index (κ3) is 5.34. The molecular weight excluding hydrogens is 699 g/mol. The van der Waals surface area contributed by atoms with Crippen LogP contribution in [-0.4, -0.2) is 4.57 Å². The molecule has 0 spiro atoms. The van der Waals surface area contributed by atoms with Crippen LogP contribution in [0.15, 0.2) is 212 Å². The first kappa shape index (κ1) is 32.3. The van der Waals surface area contributed by atoms with Crippen LogP contribution in [0, 0.1) is 0 Å². The van der Waals surface area contributed by atoms with Gasteiger partial charge >= 0.3 is 0 Å². The molecule has 9 aromatic carbocycles. The van der Waals surface area contributed by atoms with E-state index >= 15 is 0 Å². The van der Waals surface area contributed by atoms with Crippen molar-refractivity contribution in [3.8, 4) is 5.69 Å². The Morgan fingerprint density at radius 2 is 0.893 bits per heavy atom. The second-order valence-corrected chi connectivity index (χ2v) is 15.3. The van der Waals surface area contributed by atoms with Crippen LogP contribution in [0.25, 0.3) is 58.4 Å². The molecule has 3 nitrogen and oxygen atoms in total. The maximum Gasteiger partial charge on any atom is 0.0561 e. The number of para-hydroxylation sites is 4. The molecule has 0 unspecified atom stereocenters. The number of anilines is 6. The summed E-state index contributed by atoms with van der Waals surface area (Å²) in [6.45, 7) is 0. The van der Waals surface area contributed by atoms with Gasteiger partial charge in [-0.3, -0.25) is 0 Å². The van der Waals surface area contributed by atoms with Crippen LogP contribution in [0.5, 0.6) is 0 Å². The Morgan fingerprint density at radius 3 is 1.64 bits per heavy atom. The maximum absolute atomic E-state index is 2.39. The first-order valence-electron chi connectivity index (χ1n) is 19.0. The molecule has 56 heavy (non-hydrogen) atoms. The lowest BCUT2D eigenvalue weighted by atomic mass is 10.0. The minimum absolute atomic E-state index is 1.08. The highest BCUT2D eigenvalue weighted by Gasteiger charge is 2.20. The van der Waals surface area contributed by atoms with E-state index in [0.717, 1.165) is 39.8 Å². The van der Waals surface area contributed by atoms with E-state index in [2.05, 4.69) is 227 Å². The SMILES string of the molecule is c1ccc(N(c2ccc(N(c3ccccc3)c3cccc4cc5sc6ccccc6c5cc34)cc2)c2ccc3c4ccccc4n(-c4ccccc4)c3c2)cc1. The lowest BCUT2D eigenvalue weighted by Gasteiger charge is -2.29. The van der Waals surface area contributed by atoms with Gasteiger partial charge in [-0.2, -0.15) is 0 Å². The second-order valence-electron chi connectivity index (χ2n) is 14.2. The highest BCUT2D eigenvalue weighted by Crippen LogP contribution is 2.45. The van der Waals surface area contributed by atoms with E-state index in [-0.39, 0.29) is 0 Å². The lowest BCUT2D eigenvalue weighted by Crippen LogP contribution is -2.12. The summed E-state index contributed by atoms with van der Waals surface area (Å²) >= 11 is 1.87. The van der Waals surface area contributed by atoms with Crippen LogP contribution < -0.4 is 9.80 Å². The second kappa shape index (κ2) is 13.3. The van der Waals surface area contributed by atoms with Crippen molar-refractivity contribution >= 4 is 98.2 Å². The van der Waals surface area contributed by atoms with Gasteiger partial charge < -0.3 is 14.4 Å². The number of hydrogen-bond donors (Lipinski definition) is 0. The summed E-state index contributed by atoms with van der Waals surface area (Å²) in [6, 6.07) is 76.8. The van der Waals surface area contributed by atoms with E-state index in [4.69, 9.17) is 0 Å². The summed E-state index contributed by atoms with van der Waals surface area (Å²) in [5, 5.41) is 7.55. The van der Waals surface area contributed by atoms with Gasteiger partial charge in [0, 0.05) is 70.5 Å². The summed E-state index contributed by atoms with van der Waals surface area (Å²) in [7, 11) is 0. The monoisotopic (exact) mass is 733 g/mol. The quantitative estimate of drug-likeness (QED) is 0.162. The first-order valence-corrected chi connectivity index (χ1v) is 19.8. The molecule has 4 heteroatoms. The van der Waals surface area contributed by atoms with Gasteiger partial charge in [-0.05, 0) is 109 Å². The molecule has 0 bridgehead atoms. The molecule has 2 aromatic heterocycles. The fraction of sp³-hybridized carbons (Fsp3) is 0. The molecule has 11 aromatic rings. The van der Waals surface area contributed by atoms with Crippen LogP contribution >= 0.6 is 11.3 Å². The molecule has 0 aliphatic heterocycles. The molecule has 11 rings (SSSR count).